The van der Waals surface area contributed by atoms with Gasteiger partial charge >= 0.3 is 0 Å². The average molecular weight is 221 g/mol. The highest BCUT2D eigenvalue weighted by molar-refractivity contribution is 5.31. The number of nitrogens with two attached hydrogens (primary N) is 1. The standard InChI is InChI=1S/C13H19NO2/c14-8-13(11-4-2-1-3-5-11)6-12(7-13,9-15)10-16/h1-5,15-16H,6-10,14H2. The molecule has 1 aliphatic carbocycles. The minimum absolute atomic E-state index is 0.0398. The molecule has 0 aliphatic heterocycles. The Hall–Kier alpha value is -0.900. The van der Waals surface area contributed by atoms with Crippen LogP contribution < -0.4 is 5.73 Å². The molecule has 1 saturated carbocycles. The van der Waals surface area contributed by atoms with Crippen molar-refractivity contribution in [2.75, 3.05) is 19.8 Å². The van der Waals surface area contributed by atoms with Gasteiger partial charge in [0.2, 0.25) is 0 Å². The van der Waals surface area contributed by atoms with Crippen molar-refractivity contribution in [2.24, 2.45) is 11.1 Å². The molecule has 1 aromatic rings. The van der Waals surface area contributed by atoms with Crippen LogP contribution in [-0.2, 0) is 5.41 Å². The van der Waals surface area contributed by atoms with Crippen LogP contribution in [0.15, 0.2) is 30.3 Å². The minimum Gasteiger partial charge on any atom is -0.396 e. The molecule has 0 atom stereocenters. The van der Waals surface area contributed by atoms with E-state index in [1.807, 2.05) is 18.2 Å². The maximum absolute atomic E-state index is 9.31. The number of hydrogen-bond donors (Lipinski definition) is 3. The molecule has 88 valence electrons. The Morgan fingerprint density at radius 2 is 1.62 bits per heavy atom. The largest absolute Gasteiger partial charge is 0.396 e. The zero-order chi connectivity index (χ0) is 11.6. The molecule has 1 aliphatic rings. The lowest BCUT2D eigenvalue weighted by atomic mass is 9.51. The number of benzene rings is 1. The molecule has 0 bridgehead atoms. The molecule has 1 fully saturated rings. The number of hydrogen-bond acceptors (Lipinski definition) is 3. The molecule has 0 radical (unpaired) electrons. The highest BCUT2D eigenvalue weighted by Crippen LogP contribution is 2.54. The molecular formula is C13H19NO2. The van der Waals surface area contributed by atoms with Gasteiger partial charge in [0.15, 0.2) is 0 Å². The fraction of sp³-hybridized carbons (Fsp3) is 0.538. The lowest BCUT2D eigenvalue weighted by Crippen LogP contribution is -2.57. The Kier molecular flexibility index (Phi) is 3.02. The van der Waals surface area contributed by atoms with Gasteiger partial charge in [0.25, 0.3) is 0 Å². The molecular weight excluding hydrogens is 202 g/mol. The summed E-state index contributed by atoms with van der Waals surface area (Å²) in [5.74, 6) is 0. The molecule has 0 amide bonds. The van der Waals surface area contributed by atoms with Crippen LogP contribution >= 0.6 is 0 Å². The van der Waals surface area contributed by atoms with Gasteiger partial charge in [0.05, 0.1) is 13.2 Å². The van der Waals surface area contributed by atoms with Crippen LogP contribution in [0.1, 0.15) is 18.4 Å². The predicted octanol–water partition coefficient (Wildman–Crippen LogP) is 0.648. The summed E-state index contributed by atoms with van der Waals surface area (Å²) in [6, 6.07) is 10.1. The van der Waals surface area contributed by atoms with E-state index in [1.165, 1.54) is 5.56 Å². The van der Waals surface area contributed by atoms with Gasteiger partial charge < -0.3 is 15.9 Å². The number of aliphatic hydroxyl groups excluding tert-OH is 2. The van der Waals surface area contributed by atoms with E-state index < -0.39 is 0 Å². The average Bonchev–Trinajstić information content (AvgIpc) is 2.31. The summed E-state index contributed by atoms with van der Waals surface area (Å²) in [7, 11) is 0. The van der Waals surface area contributed by atoms with Gasteiger partial charge in [-0.2, -0.15) is 0 Å². The Morgan fingerprint density at radius 1 is 1.06 bits per heavy atom. The molecule has 3 nitrogen and oxygen atoms in total. The zero-order valence-electron chi connectivity index (χ0n) is 9.39. The highest BCUT2D eigenvalue weighted by atomic mass is 16.3. The van der Waals surface area contributed by atoms with Crippen LogP contribution in [0, 0.1) is 5.41 Å². The predicted molar refractivity (Wildman–Crippen MR) is 63.0 cm³/mol. The quantitative estimate of drug-likeness (QED) is 0.699. The van der Waals surface area contributed by atoms with Gasteiger partial charge in [0.1, 0.15) is 0 Å². The molecule has 0 aromatic heterocycles. The third-order valence-electron chi connectivity index (χ3n) is 3.87. The minimum atomic E-state index is -0.324. The number of rotatable bonds is 4. The van der Waals surface area contributed by atoms with Crippen molar-refractivity contribution in [1.82, 2.24) is 0 Å². The second-order valence-corrected chi connectivity index (χ2v) is 5.02. The van der Waals surface area contributed by atoms with Crippen molar-refractivity contribution in [3.8, 4) is 0 Å². The van der Waals surface area contributed by atoms with Crippen molar-refractivity contribution >= 4 is 0 Å². The van der Waals surface area contributed by atoms with Crippen LogP contribution in [0.2, 0.25) is 0 Å². The maximum atomic E-state index is 9.31. The third-order valence-corrected chi connectivity index (χ3v) is 3.87. The van der Waals surface area contributed by atoms with Crippen LogP contribution in [0.3, 0.4) is 0 Å². The molecule has 1 aromatic carbocycles. The molecule has 16 heavy (non-hydrogen) atoms. The molecule has 4 N–H and O–H groups in total. The van der Waals surface area contributed by atoms with E-state index in [2.05, 4.69) is 12.1 Å². The summed E-state index contributed by atoms with van der Waals surface area (Å²) in [6.07, 6.45) is 1.54. The van der Waals surface area contributed by atoms with E-state index in [0.29, 0.717) is 6.54 Å². The Bertz CT molecular complexity index is 338. The van der Waals surface area contributed by atoms with Gasteiger partial charge in [-0.1, -0.05) is 30.3 Å². The van der Waals surface area contributed by atoms with E-state index >= 15 is 0 Å². The summed E-state index contributed by atoms with van der Waals surface area (Å²) < 4.78 is 0. The van der Waals surface area contributed by atoms with Crippen molar-refractivity contribution in [3.63, 3.8) is 0 Å². The topological polar surface area (TPSA) is 66.5 Å². The van der Waals surface area contributed by atoms with Gasteiger partial charge in [-0.3, -0.25) is 0 Å². The molecule has 0 unspecified atom stereocenters. The molecule has 0 heterocycles. The summed E-state index contributed by atoms with van der Waals surface area (Å²) >= 11 is 0. The van der Waals surface area contributed by atoms with Gasteiger partial charge in [-0.25, -0.2) is 0 Å². The number of aliphatic hydroxyl groups is 2. The van der Waals surface area contributed by atoms with Crippen molar-refractivity contribution < 1.29 is 10.2 Å². The summed E-state index contributed by atoms with van der Waals surface area (Å²) in [5.41, 5.74) is 6.71. The second-order valence-electron chi connectivity index (χ2n) is 5.02. The van der Waals surface area contributed by atoms with Crippen LogP contribution in [-0.4, -0.2) is 30.0 Å². The van der Waals surface area contributed by atoms with Crippen LogP contribution in [0.25, 0.3) is 0 Å². The van der Waals surface area contributed by atoms with Gasteiger partial charge in [-0.15, -0.1) is 0 Å². The lowest BCUT2D eigenvalue weighted by molar-refractivity contribution is -0.0639. The summed E-state index contributed by atoms with van der Waals surface area (Å²) in [4.78, 5) is 0. The highest BCUT2D eigenvalue weighted by Gasteiger charge is 2.53. The van der Waals surface area contributed by atoms with Crippen molar-refractivity contribution in [2.45, 2.75) is 18.3 Å². The van der Waals surface area contributed by atoms with Gasteiger partial charge in [-0.05, 0) is 18.4 Å². The zero-order valence-corrected chi connectivity index (χ0v) is 9.39. The smallest absolute Gasteiger partial charge is 0.0510 e. The van der Waals surface area contributed by atoms with E-state index in [-0.39, 0.29) is 24.0 Å². The van der Waals surface area contributed by atoms with E-state index in [1.54, 1.807) is 0 Å². The first kappa shape index (κ1) is 11.6. The van der Waals surface area contributed by atoms with Crippen molar-refractivity contribution in [3.05, 3.63) is 35.9 Å². The van der Waals surface area contributed by atoms with E-state index in [0.717, 1.165) is 12.8 Å². The molecule has 3 heteroatoms. The Labute approximate surface area is 95.9 Å². The normalized spacial score (nSPS) is 21.4. The molecule has 0 saturated heterocycles. The third kappa shape index (κ3) is 1.65. The monoisotopic (exact) mass is 221 g/mol. The lowest BCUT2D eigenvalue weighted by Gasteiger charge is -2.55. The van der Waals surface area contributed by atoms with Gasteiger partial charge in [0, 0.05) is 17.4 Å². The van der Waals surface area contributed by atoms with E-state index in [4.69, 9.17) is 5.73 Å². The Morgan fingerprint density at radius 3 is 2.06 bits per heavy atom. The van der Waals surface area contributed by atoms with Crippen molar-refractivity contribution in [1.29, 1.82) is 0 Å². The maximum Gasteiger partial charge on any atom is 0.0510 e. The Balaban J connectivity index is 2.20. The fourth-order valence-corrected chi connectivity index (χ4v) is 2.92. The van der Waals surface area contributed by atoms with Crippen LogP contribution in [0.4, 0.5) is 0 Å². The first-order valence-corrected chi connectivity index (χ1v) is 5.68. The second kappa shape index (κ2) is 4.17. The fourth-order valence-electron chi connectivity index (χ4n) is 2.92. The van der Waals surface area contributed by atoms with Crippen LogP contribution in [0.5, 0.6) is 0 Å². The SMILES string of the molecule is NCC1(c2ccccc2)CC(CO)(CO)C1. The summed E-state index contributed by atoms with van der Waals surface area (Å²) in [5, 5.41) is 18.6. The first-order valence-electron chi connectivity index (χ1n) is 5.68. The molecule has 2 rings (SSSR count). The summed E-state index contributed by atoms with van der Waals surface area (Å²) in [6.45, 7) is 0.648. The first-order chi connectivity index (χ1) is 7.70. The molecule has 0 spiro atoms. The van der Waals surface area contributed by atoms with E-state index in [9.17, 15) is 10.2 Å².